The molecule has 0 fully saturated rings. The predicted molar refractivity (Wildman–Crippen MR) is 81.4 cm³/mol. The molecule has 1 aromatic heterocycles. The van der Waals surface area contributed by atoms with E-state index in [0.717, 1.165) is 26.1 Å². The SMILES string of the molecule is CCCNCc1cccn1Cc1ccc(CC)cc1. The Morgan fingerprint density at radius 1 is 1.00 bits per heavy atom. The van der Waals surface area contributed by atoms with Gasteiger partial charge in [-0.1, -0.05) is 38.1 Å². The van der Waals surface area contributed by atoms with E-state index in [2.05, 4.69) is 66.3 Å². The van der Waals surface area contributed by atoms with E-state index >= 15 is 0 Å². The highest BCUT2D eigenvalue weighted by atomic mass is 15.0. The van der Waals surface area contributed by atoms with Crippen LogP contribution in [0.4, 0.5) is 0 Å². The zero-order chi connectivity index (χ0) is 13.5. The van der Waals surface area contributed by atoms with Gasteiger partial charge >= 0.3 is 0 Å². The van der Waals surface area contributed by atoms with Crippen LogP contribution >= 0.6 is 0 Å². The third-order valence-electron chi connectivity index (χ3n) is 3.44. The first-order valence-corrected chi connectivity index (χ1v) is 7.26. The van der Waals surface area contributed by atoms with Crippen molar-refractivity contribution in [1.29, 1.82) is 0 Å². The molecule has 0 aliphatic carbocycles. The van der Waals surface area contributed by atoms with Crippen LogP contribution in [-0.2, 0) is 19.5 Å². The summed E-state index contributed by atoms with van der Waals surface area (Å²) in [4.78, 5) is 0. The van der Waals surface area contributed by atoms with Crippen LogP contribution < -0.4 is 5.32 Å². The van der Waals surface area contributed by atoms with Crippen molar-refractivity contribution < 1.29 is 0 Å². The summed E-state index contributed by atoms with van der Waals surface area (Å²) in [5.41, 5.74) is 4.12. The van der Waals surface area contributed by atoms with Crippen molar-refractivity contribution >= 4 is 0 Å². The molecule has 0 bridgehead atoms. The molecule has 1 N–H and O–H groups in total. The van der Waals surface area contributed by atoms with Crippen LogP contribution in [0, 0.1) is 0 Å². The smallest absolute Gasteiger partial charge is 0.0473 e. The number of aromatic nitrogens is 1. The molecule has 0 aliphatic heterocycles. The van der Waals surface area contributed by atoms with Gasteiger partial charge in [0.1, 0.15) is 0 Å². The lowest BCUT2D eigenvalue weighted by atomic mass is 10.1. The Bertz CT molecular complexity index is 482. The lowest BCUT2D eigenvalue weighted by Crippen LogP contribution is -2.17. The van der Waals surface area contributed by atoms with E-state index in [0.29, 0.717) is 0 Å². The highest BCUT2D eigenvalue weighted by Crippen LogP contribution is 2.10. The van der Waals surface area contributed by atoms with E-state index in [1.165, 1.54) is 23.2 Å². The lowest BCUT2D eigenvalue weighted by Gasteiger charge is -2.10. The maximum atomic E-state index is 3.46. The molecule has 0 atom stereocenters. The summed E-state index contributed by atoms with van der Waals surface area (Å²) in [6, 6.07) is 13.3. The molecule has 0 amide bonds. The largest absolute Gasteiger partial charge is 0.346 e. The third-order valence-corrected chi connectivity index (χ3v) is 3.44. The molecular weight excluding hydrogens is 232 g/mol. The minimum Gasteiger partial charge on any atom is -0.346 e. The standard InChI is InChI=1S/C17H24N2/c1-3-11-18-13-17-6-5-12-19(17)14-16-9-7-15(4-2)8-10-16/h5-10,12,18H,3-4,11,13-14H2,1-2H3. The zero-order valence-electron chi connectivity index (χ0n) is 12.0. The number of rotatable bonds is 7. The third kappa shape index (κ3) is 3.97. The van der Waals surface area contributed by atoms with Crippen LogP contribution in [-0.4, -0.2) is 11.1 Å². The van der Waals surface area contributed by atoms with Gasteiger partial charge in [0.25, 0.3) is 0 Å². The van der Waals surface area contributed by atoms with Crippen molar-refractivity contribution in [3.63, 3.8) is 0 Å². The maximum Gasteiger partial charge on any atom is 0.0473 e. The molecule has 0 aliphatic rings. The number of nitrogens with one attached hydrogen (secondary N) is 1. The number of hydrogen-bond donors (Lipinski definition) is 1. The summed E-state index contributed by atoms with van der Waals surface area (Å²) in [6.45, 7) is 7.38. The first-order chi connectivity index (χ1) is 9.33. The van der Waals surface area contributed by atoms with Crippen molar-refractivity contribution in [2.75, 3.05) is 6.54 Å². The molecule has 0 unspecified atom stereocenters. The van der Waals surface area contributed by atoms with Crippen molar-refractivity contribution in [1.82, 2.24) is 9.88 Å². The summed E-state index contributed by atoms with van der Waals surface area (Å²) in [6.07, 6.45) is 4.45. The predicted octanol–water partition coefficient (Wildman–Crippen LogP) is 3.60. The molecule has 0 saturated carbocycles. The summed E-state index contributed by atoms with van der Waals surface area (Å²) < 4.78 is 2.32. The number of nitrogens with zero attached hydrogens (tertiary/aromatic N) is 1. The molecular formula is C17H24N2. The van der Waals surface area contributed by atoms with Crippen molar-refractivity contribution in [3.8, 4) is 0 Å². The zero-order valence-corrected chi connectivity index (χ0v) is 12.0. The van der Waals surface area contributed by atoms with Gasteiger partial charge < -0.3 is 9.88 Å². The molecule has 2 rings (SSSR count). The molecule has 0 saturated heterocycles. The Kier molecular flexibility index (Phi) is 5.22. The van der Waals surface area contributed by atoms with E-state index in [4.69, 9.17) is 0 Å². The molecule has 102 valence electrons. The van der Waals surface area contributed by atoms with E-state index in [-0.39, 0.29) is 0 Å². The summed E-state index contributed by atoms with van der Waals surface area (Å²) >= 11 is 0. The maximum absolute atomic E-state index is 3.46. The van der Waals surface area contributed by atoms with Gasteiger partial charge in [0.05, 0.1) is 0 Å². The number of hydrogen-bond acceptors (Lipinski definition) is 1. The van der Waals surface area contributed by atoms with E-state index in [1.807, 2.05) is 0 Å². The second-order valence-corrected chi connectivity index (χ2v) is 4.97. The van der Waals surface area contributed by atoms with Gasteiger partial charge in [-0.25, -0.2) is 0 Å². The minimum absolute atomic E-state index is 0.952. The normalized spacial score (nSPS) is 10.8. The van der Waals surface area contributed by atoms with Crippen LogP contribution in [0.3, 0.4) is 0 Å². The highest BCUT2D eigenvalue weighted by Gasteiger charge is 2.01. The van der Waals surface area contributed by atoms with E-state index in [9.17, 15) is 0 Å². The van der Waals surface area contributed by atoms with Gasteiger partial charge in [-0.3, -0.25) is 0 Å². The Morgan fingerprint density at radius 3 is 2.42 bits per heavy atom. The minimum atomic E-state index is 0.952. The fourth-order valence-corrected chi connectivity index (χ4v) is 2.23. The average Bonchev–Trinajstić information content (AvgIpc) is 2.87. The highest BCUT2D eigenvalue weighted by molar-refractivity contribution is 5.23. The van der Waals surface area contributed by atoms with Gasteiger partial charge in [-0.05, 0) is 42.6 Å². The van der Waals surface area contributed by atoms with Gasteiger partial charge in [-0.15, -0.1) is 0 Å². The van der Waals surface area contributed by atoms with Gasteiger partial charge in [0.2, 0.25) is 0 Å². The fraction of sp³-hybridized carbons (Fsp3) is 0.412. The molecule has 2 aromatic rings. The van der Waals surface area contributed by atoms with E-state index in [1.54, 1.807) is 0 Å². The second-order valence-electron chi connectivity index (χ2n) is 4.97. The monoisotopic (exact) mass is 256 g/mol. The number of benzene rings is 1. The Labute approximate surface area is 116 Å². The Balaban J connectivity index is 1.99. The molecule has 2 nitrogen and oxygen atoms in total. The quantitative estimate of drug-likeness (QED) is 0.749. The molecule has 1 heterocycles. The molecule has 0 spiro atoms. The van der Waals surface area contributed by atoms with Gasteiger partial charge in [0.15, 0.2) is 0 Å². The fourth-order valence-electron chi connectivity index (χ4n) is 2.23. The number of aryl methyl sites for hydroxylation is 1. The Morgan fingerprint density at radius 2 is 1.74 bits per heavy atom. The van der Waals surface area contributed by atoms with Crippen LogP contribution in [0.5, 0.6) is 0 Å². The summed E-state index contributed by atoms with van der Waals surface area (Å²) in [7, 11) is 0. The lowest BCUT2D eigenvalue weighted by molar-refractivity contribution is 0.630. The van der Waals surface area contributed by atoms with Crippen LogP contribution in [0.25, 0.3) is 0 Å². The first kappa shape index (κ1) is 13.9. The first-order valence-electron chi connectivity index (χ1n) is 7.26. The van der Waals surface area contributed by atoms with Crippen molar-refractivity contribution in [2.45, 2.75) is 39.8 Å². The molecule has 2 heteroatoms. The van der Waals surface area contributed by atoms with Gasteiger partial charge in [0, 0.05) is 25.0 Å². The summed E-state index contributed by atoms with van der Waals surface area (Å²) in [5, 5.41) is 3.46. The average molecular weight is 256 g/mol. The van der Waals surface area contributed by atoms with E-state index < -0.39 is 0 Å². The Hall–Kier alpha value is -1.54. The molecule has 1 aromatic carbocycles. The van der Waals surface area contributed by atoms with Crippen molar-refractivity contribution in [2.24, 2.45) is 0 Å². The topological polar surface area (TPSA) is 17.0 Å². The van der Waals surface area contributed by atoms with Gasteiger partial charge in [-0.2, -0.15) is 0 Å². The summed E-state index contributed by atoms with van der Waals surface area (Å²) in [5.74, 6) is 0. The second kappa shape index (κ2) is 7.15. The molecule has 19 heavy (non-hydrogen) atoms. The van der Waals surface area contributed by atoms with Crippen LogP contribution in [0.2, 0.25) is 0 Å². The van der Waals surface area contributed by atoms with Crippen LogP contribution in [0.1, 0.15) is 37.1 Å². The van der Waals surface area contributed by atoms with Crippen molar-refractivity contribution in [3.05, 3.63) is 59.4 Å². The molecule has 0 radical (unpaired) electrons. The van der Waals surface area contributed by atoms with Crippen LogP contribution in [0.15, 0.2) is 42.6 Å².